The molecule has 0 spiro atoms. The molecule has 0 fully saturated rings. The molecule has 0 bridgehead atoms. The number of fused-ring (bicyclic) bond motifs is 1. The number of anilines is 1. The van der Waals surface area contributed by atoms with Crippen molar-refractivity contribution in [2.75, 3.05) is 12.4 Å². The molecule has 5 rings (SSSR count). The Kier molecular flexibility index (Phi) is 6.55. The van der Waals surface area contributed by atoms with Crippen molar-refractivity contribution in [3.8, 4) is 17.6 Å². The summed E-state index contributed by atoms with van der Waals surface area (Å²) in [5.41, 5.74) is 6.01. The van der Waals surface area contributed by atoms with Gasteiger partial charge in [0.1, 0.15) is 11.4 Å². The highest BCUT2D eigenvalue weighted by molar-refractivity contribution is 6.09. The second kappa shape index (κ2) is 10.2. The number of aromatic nitrogens is 1. The van der Waals surface area contributed by atoms with Gasteiger partial charge in [-0.15, -0.1) is 0 Å². The number of benzene rings is 4. The summed E-state index contributed by atoms with van der Waals surface area (Å²) in [6, 6.07) is 33.6. The van der Waals surface area contributed by atoms with Crippen LogP contribution in [-0.2, 0) is 6.54 Å². The van der Waals surface area contributed by atoms with E-state index in [0.717, 1.165) is 39.0 Å². The Morgan fingerprint density at radius 1 is 0.861 bits per heavy atom. The van der Waals surface area contributed by atoms with Crippen molar-refractivity contribution < 1.29 is 9.53 Å². The summed E-state index contributed by atoms with van der Waals surface area (Å²) >= 11 is 0. The first-order chi connectivity index (χ1) is 17.6. The molecule has 0 aliphatic heterocycles. The van der Waals surface area contributed by atoms with E-state index < -0.39 is 0 Å². The first-order valence-corrected chi connectivity index (χ1v) is 11.8. The van der Waals surface area contributed by atoms with Crippen molar-refractivity contribution in [3.63, 3.8) is 0 Å². The van der Waals surface area contributed by atoms with Crippen LogP contribution in [0.3, 0.4) is 0 Å². The molecule has 4 aromatic carbocycles. The van der Waals surface area contributed by atoms with Crippen LogP contribution in [0.4, 0.5) is 5.69 Å². The predicted octanol–water partition coefficient (Wildman–Crippen LogP) is 6.66. The molecule has 1 heterocycles. The average molecular weight is 471 g/mol. The molecular formula is C32H26N2O2. The first-order valence-electron chi connectivity index (χ1n) is 11.8. The second-order valence-corrected chi connectivity index (χ2v) is 8.61. The van der Waals surface area contributed by atoms with E-state index in [2.05, 4.69) is 33.9 Å². The maximum Gasteiger partial charge on any atom is 0.273 e. The smallest absolute Gasteiger partial charge is 0.273 e. The lowest BCUT2D eigenvalue weighted by molar-refractivity contribution is 0.101. The van der Waals surface area contributed by atoms with Crippen LogP contribution in [0.25, 0.3) is 10.9 Å². The number of rotatable bonds is 5. The van der Waals surface area contributed by atoms with Crippen molar-refractivity contribution in [3.05, 3.63) is 131 Å². The lowest BCUT2D eigenvalue weighted by atomic mass is 10.1. The minimum absolute atomic E-state index is 0.188. The highest BCUT2D eigenvalue weighted by Crippen LogP contribution is 2.28. The summed E-state index contributed by atoms with van der Waals surface area (Å²) in [6.45, 7) is 2.57. The van der Waals surface area contributed by atoms with Crippen LogP contribution in [0.5, 0.6) is 5.75 Å². The molecule has 0 aliphatic carbocycles. The van der Waals surface area contributed by atoms with E-state index >= 15 is 0 Å². The fraction of sp³-hybridized carbons (Fsp3) is 0.0938. The molecule has 0 unspecified atom stereocenters. The van der Waals surface area contributed by atoms with Crippen molar-refractivity contribution in [2.45, 2.75) is 13.5 Å². The lowest BCUT2D eigenvalue weighted by Gasteiger charge is -2.12. The highest BCUT2D eigenvalue weighted by atomic mass is 16.5. The molecule has 1 aromatic heterocycles. The maximum absolute atomic E-state index is 13.8. The SMILES string of the molecule is COc1ccc(C#Cc2c(C(=O)Nc3cccc(C)c3)n(Cc3ccccc3)c3ccccc23)cc1. The van der Waals surface area contributed by atoms with Crippen molar-refractivity contribution >= 4 is 22.5 Å². The topological polar surface area (TPSA) is 43.3 Å². The summed E-state index contributed by atoms with van der Waals surface area (Å²) in [6.07, 6.45) is 0. The fourth-order valence-electron chi connectivity index (χ4n) is 4.32. The Hall–Kier alpha value is -4.75. The Labute approximate surface area is 211 Å². The minimum Gasteiger partial charge on any atom is -0.497 e. The summed E-state index contributed by atoms with van der Waals surface area (Å²) in [5.74, 6) is 7.16. The van der Waals surface area contributed by atoms with Gasteiger partial charge in [0.25, 0.3) is 5.91 Å². The molecule has 4 heteroatoms. The first kappa shape index (κ1) is 23.0. The number of nitrogens with zero attached hydrogens (tertiary/aromatic N) is 1. The van der Waals surface area contributed by atoms with Crippen molar-refractivity contribution in [1.29, 1.82) is 0 Å². The third kappa shape index (κ3) is 4.87. The number of aryl methyl sites for hydroxylation is 1. The fourth-order valence-corrected chi connectivity index (χ4v) is 4.32. The summed E-state index contributed by atoms with van der Waals surface area (Å²) in [4.78, 5) is 13.8. The van der Waals surface area contributed by atoms with Gasteiger partial charge in [0.15, 0.2) is 0 Å². The van der Waals surface area contributed by atoms with E-state index in [-0.39, 0.29) is 5.91 Å². The molecule has 4 nitrogen and oxygen atoms in total. The van der Waals surface area contributed by atoms with Crippen LogP contribution >= 0.6 is 0 Å². The number of hydrogen-bond donors (Lipinski definition) is 1. The molecule has 0 saturated carbocycles. The van der Waals surface area contributed by atoms with E-state index in [1.165, 1.54) is 0 Å². The van der Waals surface area contributed by atoms with E-state index in [1.807, 2.05) is 97.9 Å². The maximum atomic E-state index is 13.8. The largest absolute Gasteiger partial charge is 0.497 e. The standard InChI is InChI=1S/C32H26N2O2/c1-23-9-8-12-26(21-23)33-32(35)31-29(20-17-24-15-18-27(36-2)19-16-24)28-13-6-7-14-30(28)34(31)22-25-10-4-3-5-11-25/h3-16,18-19,21H,22H2,1-2H3,(H,33,35). The van der Waals surface area contributed by atoms with Gasteiger partial charge >= 0.3 is 0 Å². The number of carbonyl (C=O) groups excluding carboxylic acids is 1. The zero-order chi connectivity index (χ0) is 24.9. The Balaban J connectivity index is 1.66. The van der Waals surface area contributed by atoms with Crippen LogP contribution in [0.15, 0.2) is 103 Å². The number of nitrogens with one attached hydrogen (secondary N) is 1. The summed E-state index contributed by atoms with van der Waals surface area (Å²) < 4.78 is 7.32. The van der Waals surface area contributed by atoms with Gasteiger partial charge in [0.05, 0.1) is 18.2 Å². The predicted molar refractivity (Wildman–Crippen MR) is 146 cm³/mol. The molecular weight excluding hydrogens is 444 g/mol. The third-order valence-corrected chi connectivity index (χ3v) is 6.07. The number of hydrogen-bond acceptors (Lipinski definition) is 2. The number of ether oxygens (including phenoxy) is 1. The normalized spacial score (nSPS) is 10.5. The minimum atomic E-state index is -0.188. The van der Waals surface area contributed by atoms with E-state index in [9.17, 15) is 4.79 Å². The second-order valence-electron chi connectivity index (χ2n) is 8.61. The molecule has 1 amide bonds. The van der Waals surface area contributed by atoms with Crippen LogP contribution in [0.1, 0.15) is 32.7 Å². The summed E-state index contributed by atoms with van der Waals surface area (Å²) in [7, 11) is 1.64. The van der Waals surface area contributed by atoms with Crippen LogP contribution in [-0.4, -0.2) is 17.6 Å². The molecule has 36 heavy (non-hydrogen) atoms. The van der Waals surface area contributed by atoms with Crippen molar-refractivity contribution in [2.24, 2.45) is 0 Å². The van der Waals surface area contributed by atoms with Gasteiger partial charge in [-0.1, -0.05) is 72.5 Å². The van der Waals surface area contributed by atoms with Crippen LogP contribution in [0.2, 0.25) is 0 Å². The zero-order valence-electron chi connectivity index (χ0n) is 20.3. The molecule has 176 valence electrons. The molecule has 0 aliphatic rings. The van der Waals surface area contributed by atoms with Crippen LogP contribution < -0.4 is 10.1 Å². The Bertz CT molecular complexity index is 1590. The number of methoxy groups -OCH3 is 1. The molecule has 0 radical (unpaired) electrons. The molecule has 0 saturated heterocycles. The van der Waals surface area contributed by atoms with Gasteiger partial charge in [-0.25, -0.2) is 0 Å². The lowest BCUT2D eigenvalue weighted by Crippen LogP contribution is -2.19. The number of carbonyl (C=O) groups is 1. The Morgan fingerprint density at radius 2 is 1.61 bits per heavy atom. The van der Waals surface area contributed by atoms with Gasteiger partial charge in [-0.2, -0.15) is 0 Å². The van der Waals surface area contributed by atoms with Gasteiger partial charge in [0.2, 0.25) is 0 Å². The molecule has 5 aromatic rings. The van der Waals surface area contributed by atoms with Gasteiger partial charge < -0.3 is 14.6 Å². The Morgan fingerprint density at radius 3 is 2.36 bits per heavy atom. The van der Waals surface area contributed by atoms with Crippen molar-refractivity contribution in [1.82, 2.24) is 4.57 Å². The van der Waals surface area contributed by atoms with E-state index in [0.29, 0.717) is 17.8 Å². The van der Waals surface area contributed by atoms with Gasteiger partial charge in [-0.3, -0.25) is 4.79 Å². The zero-order valence-corrected chi connectivity index (χ0v) is 20.3. The van der Waals surface area contributed by atoms with E-state index in [4.69, 9.17) is 4.74 Å². The van der Waals surface area contributed by atoms with Gasteiger partial charge in [0, 0.05) is 23.2 Å². The highest BCUT2D eigenvalue weighted by Gasteiger charge is 2.22. The third-order valence-electron chi connectivity index (χ3n) is 6.07. The quantitative estimate of drug-likeness (QED) is 0.292. The average Bonchev–Trinajstić information content (AvgIpc) is 3.21. The van der Waals surface area contributed by atoms with Gasteiger partial charge in [-0.05, 0) is 60.5 Å². The van der Waals surface area contributed by atoms with Crippen LogP contribution in [0, 0.1) is 18.8 Å². The molecule has 1 N–H and O–H groups in total. The number of para-hydroxylation sites is 1. The molecule has 0 atom stereocenters. The summed E-state index contributed by atoms with van der Waals surface area (Å²) in [5, 5.41) is 4.04. The number of amides is 1. The monoisotopic (exact) mass is 470 g/mol. The van der Waals surface area contributed by atoms with E-state index in [1.54, 1.807) is 7.11 Å².